The van der Waals surface area contributed by atoms with Gasteiger partial charge in [-0.25, -0.2) is 0 Å². The molecule has 3 heterocycles. The third-order valence-electron chi connectivity index (χ3n) is 5.19. The van der Waals surface area contributed by atoms with Crippen LogP contribution in [0.2, 0.25) is 0 Å². The van der Waals surface area contributed by atoms with Crippen molar-refractivity contribution in [2.45, 2.75) is 45.4 Å². The van der Waals surface area contributed by atoms with E-state index in [-0.39, 0.29) is 12.2 Å². The van der Waals surface area contributed by atoms with Gasteiger partial charge in [-0.2, -0.15) is 5.10 Å². The molecule has 1 N–H and O–H groups in total. The molecular weight excluding hydrogens is 304 g/mol. The van der Waals surface area contributed by atoms with Crippen LogP contribution in [0, 0.1) is 12.8 Å². The van der Waals surface area contributed by atoms with E-state index in [4.69, 9.17) is 4.74 Å². The van der Waals surface area contributed by atoms with Gasteiger partial charge in [0.1, 0.15) is 0 Å². The Morgan fingerprint density at radius 3 is 2.71 bits per heavy atom. The molecule has 6 heteroatoms. The maximum Gasteiger partial charge on any atom is 0.0898 e. The first-order valence-electron chi connectivity index (χ1n) is 9.32. The van der Waals surface area contributed by atoms with Gasteiger partial charge in [-0.3, -0.25) is 9.58 Å². The molecule has 0 aromatic carbocycles. The Hall–Kier alpha value is -0.950. The molecule has 0 aliphatic carbocycles. The second kappa shape index (κ2) is 8.43. The molecule has 6 nitrogen and oxygen atoms in total. The molecule has 0 amide bonds. The number of morpholine rings is 1. The lowest BCUT2D eigenvalue weighted by atomic mass is 9.99. The van der Waals surface area contributed by atoms with Crippen molar-refractivity contribution in [1.82, 2.24) is 19.6 Å². The Morgan fingerprint density at radius 2 is 2.00 bits per heavy atom. The van der Waals surface area contributed by atoms with E-state index in [0.717, 1.165) is 58.3 Å². The molecule has 0 radical (unpaired) electrons. The monoisotopic (exact) mass is 336 g/mol. The SMILES string of the molecule is Cc1cnn(C[C@@H]2CN(C[C@@H](O)CN3CCC(C)CC3)CCO2)c1. The number of ether oxygens (including phenoxy) is 1. The lowest BCUT2D eigenvalue weighted by molar-refractivity contribution is -0.0513. The quantitative estimate of drug-likeness (QED) is 0.839. The van der Waals surface area contributed by atoms with Crippen LogP contribution in [0.1, 0.15) is 25.3 Å². The summed E-state index contributed by atoms with van der Waals surface area (Å²) in [5.74, 6) is 0.837. The van der Waals surface area contributed by atoms with E-state index in [2.05, 4.69) is 34.9 Å². The maximum atomic E-state index is 10.5. The number of aromatic nitrogens is 2. The largest absolute Gasteiger partial charge is 0.390 e. The van der Waals surface area contributed by atoms with Crippen molar-refractivity contribution in [3.05, 3.63) is 18.0 Å². The Labute approximate surface area is 145 Å². The molecule has 2 saturated heterocycles. The Bertz CT molecular complexity index is 499. The van der Waals surface area contributed by atoms with Crippen LogP contribution in [0.3, 0.4) is 0 Å². The van der Waals surface area contributed by atoms with Crippen LogP contribution in [-0.4, -0.2) is 82.8 Å². The summed E-state index contributed by atoms with van der Waals surface area (Å²) in [6, 6.07) is 0. The van der Waals surface area contributed by atoms with E-state index in [1.54, 1.807) is 0 Å². The number of aliphatic hydroxyl groups excluding tert-OH is 1. The average Bonchev–Trinajstić information content (AvgIpc) is 2.95. The summed E-state index contributed by atoms with van der Waals surface area (Å²) in [7, 11) is 0. The van der Waals surface area contributed by atoms with Crippen molar-refractivity contribution in [1.29, 1.82) is 0 Å². The van der Waals surface area contributed by atoms with Crippen molar-refractivity contribution >= 4 is 0 Å². The van der Waals surface area contributed by atoms with Crippen LogP contribution in [-0.2, 0) is 11.3 Å². The minimum atomic E-state index is -0.274. The van der Waals surface area contributed by atoms with E-state index in [1.165, 1.54) is 18.4 Å². The maximum absolute atomic E-state index is 10.5. The van der Waals surface area contributed by atoms with E-state index in [0.29, 0.717) is 0 Å². The highest BCUT2D eigenvalue weighted by Crippen LogP contribution is 2.16. The summed E-state index contributed by atoms with van der Waals surface area (Å²) in [4.78, 5) is 4.75. The average molecular weight is 336 g/mol. The molecule has 3 rings (SSSR count). The van der Waals surface area contributed by atoms with Crippen molar-refractivity contribution in [2.75, 3.05) is 45.9 Å². The van der Waals surface area contributed by atoms with E-state index >= 15 is 0 Å². The second-order valence-corrected chi connectivity index (χ2v) is 7.63. The number of hydrogen-bond donors (Lipinski definition) is 1. The minimum absolute atomic E-state index is 0.154. The fraction of sp³-hybridized carbons (Fsp3) is 0.833. The molecule has 136 valence electrons. The van der Waals surface area contributed by atoms with E-state index in [9.17, 15) is 5.11 Å². The predicted molar refractivity (Wildman–Crippen MR) is 94.0 cm³/mol. The summed E-state index contributed by atoms with van der Waals surface area (Å²) in [5, 5.41) is 14.8. The number of piperidine rings is 1. The summed E-state index contributed by atoms with van der Waals surface area (Å²) >= 11 is 0. The number of aryl methyl sites for hydroxylation is 1. The van der Waals surface area contributed by atoms with Gasteiger partial charge in [-0.1, -0.05) is 6.92 Å². The summed E-state index contributed by atoms with van der Waals surface area (Å²) in [5.41, 5.74) is 1.17. The summed E-state index contributed by atoms with van der Waals surface area (Å²) < 4.78 is 7.82. The molecule has 0 bridgehead atoms. The fourth-order valence-corrected chi connectivity index (χ4v) is 3.73. The molecule has 0 spiro atoms. The van der Waals surface area contributed by atoms with Gasteiger partial charge in [0.25, 0.3) is 0 Å². The van der Waals surface area contributed by atoms with Gasteiger partial charge in [0, 0.05) is 32.4 Å². The third kappa shape index (κ3) is 5.28. The van der Waals surface area contributed by atoms with Crippen LogP contribution in [0.25, 0.3) is 0 Å². The highest BCUT2D eigenvalue weighted by Gasteiger charge is 2.24. The van der Waals surface area contributed by atoms with Crippen molar-refractivity contribution < 1.29 is 9.84 Å². The number of hydrogen-bond acceptors (Lipinski definition) is 5. The minimum Gasteiger partial charge on any atom is -0.390 e. The van der Waals surface area contributed by atoms with E-state index < -0.39 is 0 Å². The summed E-state index contributed by atoms with van der Waals surface area (Å²) in [6.07, 6.45) is 6.33. The lowest BCUT2D eigenvalue weighted by Gasteiger charge is -2.36. The zero-order valence-corrected chi connectivity index (χ0v) is 15.1. The Kier molecular flexibility index (Phi) is 6.27. The zero-order chi connectivity index (χ0) is 16.9. The molecule has 1 aromatic heterocycles. The van der Waals surface area contributed by atoms with Gasteiger partial charge in [0.2, 0.25) is 0 Å². The number of aliphatic hydroxyl groups is 1. The van der Waals surface area contributed by atoms with Gasteiger partial charge in [0.05, 0.1) is 31.6 Å². The smallest absolute Gasteiger partial charge is 0.0898 e. The van der Waals surface area contributed by atoms with Crippen LogP contribution in [0.4, 0.5) is 0 Å². The normalized spacial score (nSPS) is 25.9. The standard InChI is InChI=1S/C18H32N4O2/c1-15-3-5-20(6-4-15)11-17(23)12-21-7-8-24-18(13-21)14-22-10-16(2)9-19-22/h9-10,15,17-18,23H,3-8,11-14H2,1-2H3/t17-,18-/m0/s1. The molecule has 2 aliphatic rings. The third-order valence-corrected chi connectivity index (χ3v) is 5.19. The molecule has 2 aliphatic heterocycles. The van der Waals surface area contributed by atoms with Crippen LogP contribution < -0.4 is 0 Å². The molecule has 2 fully saturated rings. The number of likely N-dealkylation sites (tertiary alicyclic amines) is 1. The van der Waals surface area contributed by atoms with Crippen molar-refractivity contribution in [3.8, 4) is 0 Å². The topological polar surface area (TPSA) is 53.8 Å². The predicted octanol–water partition coefficient (Wildman–Crippen LogP) is 0.985. The fourth-order valence-electron chi connectivity index (χ4n) is 3.73. The van der Waals surface area contributed by atoms with E-state index in [1.807, 2.05) is 10.9 Å². The number of rotatable bonds is 6. The number of nitrogens with zero attached hydrogens (tertiary/aromatic N) is 4. The first-order valence-corrected chi connectivity index (χ1v) is 9.32. The molecule has 0 unspecified atom stereocenters. The molecule has 1 aromatic rings. The molecule has 24 heavy (non-hydrogen) atoms. The first-order chi connectivity index (χ1) is 11.6. The van der Waals surface area contributed by atoms with Crippen molar-refractivity contribution in [3.63, 3.8) is 0 Å². The Balaban J connectivity index is 1.41. The lowest BCUT2D eigenvalue weighted by Crippen LogP contribution is -2.49. The van der Waals surface area contributed by atoms with Crippen LogP contribution in [0.15, 0.2) is 12.4 Å². The molecule has 2 atom stereocenters. The van der Waals surface area contributed by atoms with Gasteiger partial charge in [-0.05, 0) is 44.3 Å². The van der Waals surface area contributed by atoms with Gasteiger partial charge in [-0.15, -0.1) is 0 Å². The highest BCUT2D eigenvalue weighted by molar-refractivity contribution is 4.99. The van der Waals surface area contributed by atoms with Crippen LogP contribution >= 0.6 is 0 Å². The van der Waals surface area contributed by atoms with Crippen molar-refractivity contribution in [2.24, 2.45) is 5.92 Å². The van der Waals surface area contributed by atoms with Crippen LogP contribution in [0.5, 0.6) is 0 Å². The van der Waals surface area contributed by atoms with Gasteiger partial charge >= 0.3 is 0 Å². The molecule has 0 saturated carbocycles. The van der Waals surface area contributed by atoms with Gasteiger partial charge in [0.15, 0.2) is 0 Å². The summed E-state index contributed by atoms with van der Waals surface area (Å²) in [6.45, 7) is 11.5. The van der Waals surface area contributed by atoms with Gasteiger partial charge < -0.3 is 14.7 Å². The zero-order valence-electron chi connectivity index (χ0n) is 15.1. The Morgan fingerprint density at radius 1 is 1.25 bits per heavy atom. The highest BCUT2D eigenvalue weighted by atomic mass is 16.5. The number of β-amino-alcohol motifs (C(OH)–C–C–N with tert-alkyl or cyclic N) is 1. The first kappa shape index (κ1) is 17.9. The second-order valence-electron chi connectivity index (χ2n) is 7.63. The molecular formula is C18H32N4O2.